The number of ether oxygens (including phenoxy) is 1. The first-order valence-electron chi connectivity index (χ1n) is 6.84. The Balaban J connectivity index is 1.66. The maximum absolute atomic E-state index is 13.8. The second-order valence-corrected chi connectivity index (χ2v) is 5.55. The van der Waals surface area contributed by atoms with Gasteiger partial charge in [0.15, 0.2) is 0 Å². The summed E-state index contributed by atoms with van der Waals surface area (Å²) >= 11 is 0. The number of amides is 1. The Morgan fingerprint density at radius 3 is 2.71 bits per heavy atom. The van der Waals surface area contributed by atoms with E-state index in [-0.39, 0.29) is 25.2 Å². The molecular weight excluding hydrogens is 280 g/mol. The van der Waals surface area contributed by atoms with E-state index in [0.717, 1.165) is 10.5 Å². The molecule has 1 aliphatic carbocycles. The van der Waals surface area contributed by atoms with Gasteiger partial charge in [-0.1, -0.05) is 30.3 Å². The van der Waals surface area contributed by atoms with E-state index < -0.39 is 30.5 Å². The van der Waals surface area contributed by atoms with Crippen LogP contribution in [0.5, 0.6) is 0 Å². The maximum Gasteiger partial charge on any atom is 0.410 e. The summed E-state index contributed by atoms with van der Waals surface area (Å²) in [5.74, 6) is -4.29. The van der Waals surface area contributed by atoms with Crippen molar-refractivity contribution in [3.05, 3.63) is 35.9 Å². The van der Waals surface area contributed by atoms with Gasteiger partial charge in [0.25, 0.3) is 5.92 Å². The van der Waals surface area contributed by atoms with Gasteiger partial charge < -0.3 is 4.74 Å². The standard InChI is InChI=1S/C15H15F2NO3/c16-15(17)9-18(13-7-11(19)6-12(13)15)14(20)21-8-10-4-2-1-3-5-10/h1-5,12-13H,6-9H2/t12-,13+/m1/s1. The van der Waals surface area contributed by atoms with Crippen molar-refractivity contribution in [2.24, 2.45) is 5.92 Å². The molecule has 1 heterocycles. The van der Waals surface area contributed by atoms with Gasteiger partial charge in [0.2, 0.25) is 0 Å². The van der Waals surface area contributed by atoms with Crippen molar-refractivity contribution >= 4 is 11.9 Å². The topological polar surface area (TPSA) is 46.6 Å². The summed E-state index contributed by atoms with van der Waals surface area (Å²) in [5, 5.41) is 0. The number of nitrogens with zero attached hydrogens (tertiary/aromatic N) is 1. The molecule has 0 spiro atoms. The average molecular weight is 295 g/mol. The third-order valence-corrected chi connectivity index (χ3v) is 4.11. The summed E-state index contributed by atoms with van der Waals surface area (Å²) in [7, 11) is 0. The largest absolute Gasteiger partial charge is 0.445 e. The van der Waals surface area contributed by atoms with Gasteiger partial charge in [0.1, 0.15) is 12.4 Å². The SMILES string of the molecule is O=C1C[C@@H]2[C@H](C1)N(C(=O)OCc1ccccc1)CC2(F)F. The lowest BCUT2D eigenvalue weighted by atomic mass is 10.0. The van der Waals surface area contributed by atoms with Gasteiger partial charge in [-0.3, -0.25) is 9.69 Å². The van der Waals surface area contributed by atoms with E-state index in [2.05, 4.69) is 0 Å². The quantitative estimate of drug-likeness (QED) is 0.842. The monoisotopic (exact) mass is 295 g/mol. The van der Waals surface area contributed by atoms with E-state index in [1.54, 1.807) is 24.3 Å². The predicted molar refractivity (Wildman–Crippen MR) is 69.8 cm³/mol. The lowest BCUT2D eigenvalue weighted by Crippen LogP contribution is -2.37. The van der Waals surface area contributed by atoms with Crippen LogP contribution < -0.4 is 0 Å². The van der Waals surface area contributed by atoms with Crippen LogP contribution in [-0.2, 0) is 16.1 Å². The lowest BCUT2D eigenvalue weighted by Gasteiger charge is -2.21. The van der Waals surface area contributed by atoms with Crippen molar-refractivity contribution in [3.63, 3.8) is 0 Å². The summed E-state index contributed by atoms with van der Waals surface area (Å²) in [6.07, 6.45) is -0.929. The van der Waals surface area contributed by atoms with Crippen LogP contribution in [0.4, 0.5) is 13.6 Å². The van der Waals surface area contributed by atoms with E-state index in [4.69, 9.17) is 4.74 Å². The van der Waals surface area contributed by atoms with Gasteiger partial charge in [0.05, 0.1) is 18.5 Å². The molecule has 4 nitrogen and oxygen atoms in total. The number of benzene rings is 1. The Kier molecular flexibility index (Phi) is 3.39. The smallest absolute Gasteiger partial charge is 0.410 e. The predicted octanol–water partition coefficient (Wildman–Crippen LogP) is 2.62. The van der Waals surface area contributed by atoms with Crippen LogP contribution in [-0.4, -0.2) is 35.3 Å². The zero-order chi connectivity index (χ0) is 15.0. The van der Waals surface area contributed by atoms with Gasteiger partial charge >= 0.3 is 6.09 Å². The molecule has 6 heteroatoms. The molecule has 1 aromatic rings. The van der Waals surface area contributed by atoms with Crippen molar-refractivity contribution in [3.8, 4) is 0 Å². The van der Waals surface area contributed by atoms with Crippen LogP contribution in [0.2, 0.25) is 0 Å². The third kappa shape index (κ3) is 2.62. The highest BCUT2D eigenvalue weighted by Gasteiger charge is 2.59. The minimum Gasteiger partial charge on any atom is -0.445 e. The summed E-state index contributed by atoms with van der Waals surface area (Å²) < 4.78 is 32.8. The molecule has 0 radical (unpaired) electrons. The van der Waals surface area contributed by atoms with Crippen LogP contribution in [0.3, 0.4) is 0 Å². The van der Waals surface area contributed by atoms with E-state index in [0.29, 0.717) is 0 Å². The number of rotatable bonds is 2. The molecule has 1 saturated carbocycles. The number of hydrogen-bond donors (Lipinski definition) is 0. The molecule has 1 aliphatic heterocycles. The van der Waals surface area contributed by atoms with E-state index in [1.807, 2.05) is 6.07 Å². The van der Waals surface area contributed by atoms with Gasteiger partial charge in [-0.05, 0) is 5.56 Å². The molecule has 112 valence electrons. The van der Waals surface area contributed by atoms with Gasteiger partial charge in [0, 0.05) is 12.8 Å². The van der Waals surface area contributed by atoms with Crippen LogP contribution in [0.25, 0.3) is 0 Å². The number of carbonyl (C=O) groups is 2. The van der Waals surface area contributed by atoms with Crippen LogP contribution in [0.15, 0.2) is 30.3 Å². The molecule has 2 aliphatic rings. The number of hydrogen-bond acceptors (Lipinski definition) is 3. The fourth-order valence-electron chi connectivity index (χ4n) is 3.06. The van der Waals surface area contributed by atoms with Gasteiger partial charge in [-0.25, -0.2) is 13.6 Å². The molecule has 0 N–H and O–H groups in total. The lowest BCUT2D eigenvalue weighted by molar-refractivity contribution is -0.119. The Labute approximate surface area is 120 Å². The van der Waals surface area contributed by atoms with Crippen molar-refractivity contribution in [2.75, 3.05) is 6.54 Å². The van der Waals surface area contributed by atoms with Gasteiger partial charge in [-0.15, -0.1) is 0 Å². The fourth-order valence-corrected chi connectivity index (χ4v) is 3.06. The first-order chi connectivity index (χ1) is 9.97. The van der Waals surface area contributed by atoms with Crippen LogP contribution in [0.1, 0.15) is 18.4 Å². The summed E-state index contributed by atoms with van der Waals surface area (Å²) in [5.41, 5.74) is 0.788. The van der Waals surface area contributed by atoms with Crippen molar-refractivity contribution in [1.29, 1.82) is 0 Å². The summed E-state index contributed by atoms with van der Waals surface area (Å²) in [6.45, 7) is -0.629. The van der Waals surface area contributed by atoms with Crippen molar-refractivity contribution in [1.82, 2.24) is 4.90 Å². The molecule has 0 bridgehead atoms. The zero-order valence-corrected chi connectivity index (χ0v) is 11.3. The number of Topliss-reactive ketones (excluding diaryl/α,β-unsaturated/α-hetero) is 1. The molecule has 0 aromatic heterocycles. The first kappa shape index (κ1) is 14.0. The molecule has 2 atom stereocenters. The van der Waals surface area contributed by atoms with Crippen molar-refractivity contribution in [2.45, 2.75) is 31.4 Å². The van der Waals surface area contributed by atoms with E-state index >= 15 is 0 Å². The molecule has 1 amide bonds. The minimum atomic E-state index is -3.01. The Bertz CT molecular complexity index is 561. The third-order valence-electron chi connectivity index (χ3n) is 4.11. The molecule has 2 fully saturated rings. The Morgan fingerprint density at radius 2 is 2.00 bits per heavy atom. The minimum absolute atomic E-state index is 0.000688. The number of carbonyl (C=O) groups excluding carboxylic acids is 2. The van der Waals surface area contributed by atoms with Gasteiger partial charge in [-0.2, -0.15) is 0 Å². The number of halogens is 2. The number of alkyl halides is 2. The molecular formula is C15H15F2NO3. The summed E-state index contributed by atoms with van der Waals surface area (Å²) in [4.78, 5) is 24.4. The molecule has 3 rings (SSSR count). The highest BCUT2D eigenvalue weighted by atomic mass is 19.3. The van der Waals surface area contributed by atoms with Crippen molar-refractivity contribution < 1.29 is 23.1 Å². The number of ketones is 1. The van der Waals surface area contributed by atoms with E-state index in [1.165, 1.54) is 0 Å². The molecule has 1 aromatic carbocycles. The normalized spacial score (nSPS) is 26.8. The highest BCUT2D eigenvalue weighted by molar-refractivity contribution is 5.83. The first-order valence-corrected chi connectivity index (χ1v) is 6.84. The highest BCUT2D eigenvalue weighted by Crippen LogP contribution is 2.45. The van der Waals surface area contributed by atoms with E-state index in [9.17, 15) is 18.4 Å². The number of likely N-dealkylation sites (tertiary alicyclic amines) is 1. The fraction of sp³-hybridized carbons (Fsp3) is 0.467. The zero-order valence-electron chi connectivity index (χ0n) is 11.3. The van der Waals surface area contributed by atoms with Crippen LogP contribution in [0, 0.1) is 5.92 Å². The second-order valence-electron chi connectivity index (χ2n) is 5.55. The maximum atomic E-state index is 13.8. The second kappa shape index (κ2) is 5.09. The molecule has 0 unspecified atom stereocenters. The van der Waals surface area contributed by atoms with Crippen LogP contribution >= 0.6 is 0 Å². The Hall–Kier alpha value is -1.98. The molecule has 21 heavy (non-hydrogen) atoms. The number of fused-ring (bicyclic) bond motifs is 1. The summed E-state index contributed by atoms with van der Waals surface area (Å²) in [6, 6.07) is 8.29. The average Bonchev–Trinajstić information content (AvgIpc) is 2.95. The Morgan fingerprint density at radius 1 is 1.29 bits per heavy atom. The molecule has 1 saturated heterocycles.